The summed E-state index contributed by atoms with van der Waals surface area (Å²) in [6.07, 6.45) is 1.75. The molecule has 0 atom stereocenters. The van der Waals surface area contributed by atoms with Gasteiger partial charge in [0.15, 0.2) is 0 Å². The minimum Gasteiger partial charge on any atom is -0.265 e. The van der Waals surface area contributed by atoms with Crippen molar-refractivity contribution in [1.82, 2.24) is 20.4 Å². The van der Waals surface area contributed by atoms with E-state index in [-0.39, 0.29) is 0 Å². The molecule has 0 fully saturated rings. The van der Waals surface area contributed by atoms with E-state index in [0.29, 0.717) is 0 Å². The standard InChI is InChI=1S/C7H8N4S/c1-4-5(2)12-7(9-4)6-3-8-11-10-6/h3H,1-2H3,(H,8,10,11). The molecule has 5 heteroatoms. The number of rotatable bonds is 1. The SMILES string of the molecule is Cc1nc(-c2c[nH]nn2)sc1C. The van der Waals surface area contributed by atoms with Crippen LogP contribution in [0.4, 0.5) is 0 Å². The van der Waals surface area contributed by atoms with Crippen molar-refractivity contribution in [1.29, 1.82) is 0 Å². The molecule has 2 heterocycles. The molecule has 0 saturated carbocycles. The van der Waals surface area contributed by atoms with Gasteiger partial charge < -0.3 is 0 Å². The molecule has 0 aliphatic carbocycles. The average molecular weight is 180 g/mol. The van der Waals surface area contributed by atoms with E-state index >= 15 is 0 Å². The molecular weight excluding hydrogens is 172 g/mol. The highest BCUT2D eigenvalue weighted by atomic mass is 32.1. The zero-order valence-corrected chi connectivity index (χ0v) is 7.64. The summed E-state index contributed by atoms with van der Waals surface area (Å²) in [6, 6.07) is 0. The lowest BCUT2D eigenvalue weighted by Crippen LogP contribution is -1.76. The first kappa shape index (κ1) is 7.42. The summed E-state index contributed by atoms with van der Waals surface area (Å²) in [5.41, 5.74) is 1.88. The monoisotopic (exact) mass is 180 g/mol. The van der Waals surface area contributed by atoms with Gasteiger partial charge in [-0.05, 0) is 13.8 Å². The molecule has 12 heavy (non-hydrogen) atoms. The van der Waals surface area contributed by atoms with E-state index in [1.807, 2.05) is 6.92 Å². The summed E-state index contributed by atoms with van der Waals surface area (Å²) in [6.45, 7) is 4.05. The number of thiazole rings is 1. The Labute approximate surface area is 73.7 Å². The fourth-order valence-corrected chi connectivity index (χ4v) is 1.76. The minimum atomic E-state index is 0.816. The van der Waals surface area contributed by atoms with Crippen LogP contribution in [0.15, 0.2) is 6.20 Å². The molecule has 0 bridgehead atoms. The third-order valence-electron chi connectivity index (χ3n) is 1.66. The van der Waals surface area contributed by atoms with Crippen molar-refractivity contribution in [3.8, 4) is 10.7 Å². The molecule has 0 aliphatic rings. The normalized spacial score (nSPS) is 10.5. The first-order chi connectivity index (χ1) is 5.77. The number of hydrogen-bond acceptors (Lipinski definition) is 4. The second-order valence-corrected chi connectivity index (χ2v) is 3.72. The number of nitrogens with zero attached hydrogens (tertiary/aromatic N) is 3. The Morgan fingerprint density at radius 1 is 1.42 bits per heavy atom. The number of aromatic amines is 1. The molecule has 0 radical (unpaired) electrons. The van der Waals surface area contributed by atoms with Crippen molar-refractivity contribution >= 4 is 11.3 Å². The number of hydrogen-bond donors (Lipinski definition) is 1. The molecule has 1 N–H and O–H groups in total. The summed E-state index contributed by atoms with van der Waals surface area (Å²) in [5.74, 6) is 0. The van der Waals surface area contributed by atoms with Crippen LogP contribution in [0.1, 0.15) is 10.6 Å². The largest absolute Gasteiger partial charge is 0.265 e. The zero-order chi connectivity index (χ0) is 8.55. The Morgan fingerprint density at radius 2 is 2.25 bits per heavy atom. The van der Waals surface area contributed by atoms with Gasteiger partial charge in [0.2, 0.25) is 0 Å². The van der Waals surface area contributed by atoms with Crippen LogP contribution in [0.5, 0.6) is 0 Å². The molecule has 2 rings (SSSR count). The highest BCUT2D eigenvalue weighted by molar-refractivity contribution is 7.15. The van der Waals surface area contributed by atoms with E-state index < -0.39 is 0 Å². The van der Waals surface area contributed by atoms with Crippen molar-refractivity contribution in [2.45, 2.75) is 13.8 Å². The van der Waals surface area contributed by atoms with Crippen molar-refractivity contribution in [3.05, 3.63) is 16.8 Å². The molecule has 62 valence electrons. The Hall–Kier alpha value is -1.23. The van der Waals surface area contributed by atoms with Gasteiger partial charge in [0.1, 0.15) is 10.7 Å². The zero-order valence-electron chi connectivity index (χ0n) is 6.83. The summed E-state index contributed by atoms with van der Waals surface area (Å²) in [5, 5.41) is 11.1. The lowest BCUT2D eigenvalue weighted by atomic mass is 10.4. The average Bonchev–Trinajstić information content (AvgIpc) is 2.61. The lowest BCUT2D eigenvalue weighted by molar-refractivity contribution is 0.941. The van der Waals surface area contributed by atoms with E-state index in [4.69, 9.17) is 0 Å². The van der Waals surface area contributed by atoms with Crippen LogP contribution in [0.25, 0.3) is 10.7 Å². The summed E-state index contributed by atoms with van der Waals surface area (Å²) in [4.78, 5) is 5.58. The smallest absolute Gasteiger partial charge is 0.145 e. The molecule has 0 aromatic carbocycles. The van der Waals surface area contributed by atoms with Crippen LogP contribution in [-0.4, -0.2) is 20.4 Å². The fourth-order valence-electron chi connectivity index (χ4n) is 0.888. The van der Waals surface area contributed by atoms with Gasteiger partial charge in [0.25, 0.3) is 0 Å². The maximum atomic E-state index is 4.35. The molecular formula is C7H8N4S. The lowest BCUT2D eigenvalue weighted by Gasteiger charge is -1.81. The Bertz CT molecular complexity index is 357. The minimum absolute atomic E-state index is 0.816. The fraction of sp³-hybridized carbons (Fsp3) is 0.286. The highest BCUT2D eigenvalue weighted by Crippen LogP contribution is 2.24. The van der Waals surface area contributed by atoms with Crippen molar-refractivity contribution < 1.29 is 0 Å². The van der Waals surface area contributed by atoms with Crippen molar-refractivity contribution in [2.24, 2.45) is 0 Å². The third kappa shape index (κ3) is 1.12. The van der Waals surface area contributed by atoms with E-state index in [9.17, 15) is 0 Å². The van der Waals surface area contributed by atoms with Crippen molar-refractivity contribution in [2.75, 3.05) is 0 Å². The van der Waals surface area contributed by atoms with Gasteiger partial charge in [0, 0.05) is 4.88 Å². The van der Waals surface area contributed by atoms with E-state index in [1.165, 1.54) is 4.88 Å². The van der Waals surface area contributed by atoms with Crippen LogP contribution in [-0.2, 0) is 0 Å². The van der Waals surface area contributed by atoms with E-state index in [2.05, 4.69) is 27.3 Å². The van der Waals surface area contributed by atoms with Crippen molar-refractivity contribution in [3.63, 3.8) is 0 Å². The maximum absolute atomic E-state index is 4.35. The van der Waals surface area contributed by atoms with Crippen LogP contribution >= 0.6 is 11.3 Å². The molecule has 2 aromatic rings. The van der Waals surface area contributed by atoms with Gasteiger partial charge >= 0.3 is 0 Å². The summed E-state index contributed by atoms with van der Waals surface area (Å²) >= 11 is 1.64. The van der Waals surface area contributed by atoms with Gasteiger partial charge in [-0.3, -0.25) is 5.10 Å². The maximum Gasteiger partial charge on any atom is 0.145 e. The second kappa shape index (κ2) is 2.67. The van der Waals surface area contributed by atoms with Crippen LogP contribution in [0.2, 0.25) is 0 Å². The molecule has 0 unspecified atom stereocenters. The molecule has 2 aromatic heterocycles. The second-order valence-electron chi connectivity index (χ2n) is 2.52. The highest BCUT2D eigenvalue weighted by Gasteiger charge is 2.07. The van der Waals surface area contributed by atoms with E-state index in [1.54, 1.807) is 17.5 Å². The predicted molar refractivity (Wildman–Crippen MR) is 47.0 cm³/mol. The Morgan fingerprint density at radius 3 is 2.75 bits per heavy atom. The number of H-pyrrole nitrogens is 1. The predicted octanol–water partition coefficient (Wildman–Crippen LogP) is 1.55. The van der Waals surface area contributed by atoms with Gasteiger partial charge in [-0.1, -0.05) is 5.21 Å². The number of aryl methyl sites for hydroxylation is 2. The molecule has 0 spiro atoms. The first-order valence-electron chi connectivity index (χ1n) is 3.58. The number of nitrogens with one attached hydrogen (secondary N) is 1. The van der Waals surface area contributed by atoms with Crippen LogP contribution < -0.4 is 0 Å². The first-order valence-corrected chi connectivity index (χ1v) is 4.40. The van der Waals surface area contributed by atoms with Gasteiger partial charge in [-0.15, -0.1) is 16.4 Å². The molecule has 0 saturated heterocycles. The summed E-state index contributed by atoms with van der Waals surface area (Å²) < 4.78 is 0. The number of aromatic nitrogens is 4. The van der Waals surface area contributed by atoms with Gasteiger partial charge in [0.05, 0.1) is 11.9 Å². The topological polar surface area (TPSA) is 54.5 Å². The van der Waals surface area contributed by atoms with Crippen LogP contribution in [0, 0.1) is 13.8 Å². The van der Waals surface area contributed by atoms with E-state index in [0.717, 1.165) is 16.4 Å². The molecule has 0 amide bonds. The Balaban J connectivity index is 2.48. The van der Waals surface area contributed by atoms with Crippen LogP contribution in [0.3, 0.4) is 0 Å². The summed E-state index contributed by atoms with van der Waals surface area (Å²) in [7, 11) is 0. The molecule has 4 nitrogen and oxygen atoms in total. The third-order valence-corrected chi connectivity index (χ3v) is 2.76. The Kier molecular flexibility index (Phi) is 1.65. The molecule has 0 aliphatic heterocycles. The van der Waals surface area contributed by atoms with Gasteiger partial charge in [-0.25, -0.2) is 4.98 Å². The van der Waals surface area contributed by atoms with Gasteiger partial charge in [-0.2, -0.15) is 0 Å². The quantitative estimate of drug-likeness (QED) is 0.724.